The molecule has 5 nitrogen and oxygen atoms in total. The summed E-state index contributed by atoms with van der Waals surface area (Å²) >= 11 is 0. The van der Waals surface area contributed by atoms with Crippen LogP contribution in [0.1, 0.15) is 19.8 Å². The standard InChI is InChI=1S/C17H21F2N3O2/c1-10-2-11(7-20)8-21(10)17(24)12-3-16(23)22(9-12)15-5-13(18)4-14(19)6-15/h4-6,10-12H,2-3,7-9,20H2,1H3. The molecule has 1 aromatic carbocycles. The van der Waals surface area contributed by atoms with Gasteiger partial charge in [0.1, 0.15) is 11.6 Å². The molecule has 2 heterocycles. The van der Waals surface area contributed by atoms with Crippen LogP contribution in [0.25, 0.3) is 0 Å². The molecule has 2 saturated heterocycles. The number of carbonyl (C=O) groups excluding carboxylic acids is 2. The lowest BCUT2D eigenvalue weighted by molar-refractivity contribution is -0.136. The van der Waals surface area contributed by atoms with E-state index in [4.69, 9.17) is 5.73 Å². The molecule has 3 atom stereocenters. The molecule has 3 unspecified atom stereocenters. The van der Waals surface area contributed by atoms with Crippen LogP contribution in [0.3, 0.4) is 0 Å². The molecule has 0 saturated carbocycles. The Labute approximate surface area is 139 Å². The zero-order valence-corrected chi connectivity index (χ0v) is 13.5. The van der Waals surface area contributed by atoms with Crippen LogP contribution in [-0.4, -0.2) is 42.4 Å². The molecule has 2 fully saturated rings. The number of benzene rings is 1. The number of likely N-dealkylation sites (tertiary alicyclic amines) is 1. The molecule has 130 valence electrons. The van der Waals surface area contributed by atoms with Crippen molar-refractivity contribution in [2.45, 2.75) is 25.8 Å². The maximum Gasteiger partial charge on any atom is 0.228 e. The predicted octanol–water partition coefficient (Wildman–Crippen LogP) is 1.51. The third-order valence-corrected chi connectivity index (χ3v) is 4.91. The number of anilines is 1. The monoisotopic (exact) mass is 337 g/mol. The number of hydrogen-bond acceptors (Lipinski definition) is 3. The number of nitrogens with two attached hydrogens (primary N) is 1. The number of nitrogens with zero attached hydrogens (tertiary/aromatic N) is 2. The van der Waals surface area contributed by atoms with E-state index in [1.54, 1.807) is 4.90 Å². The van der Waals surface area contributed by atoms with Gasteiger partial charge < -0.3 is 15.5 Å². The van der Waals surface area contributed by atoms with Crippen LogP contribution in [0.15, 0.2) is 18.2 Å². The summed E-state index contributed by atoms with van der Waals surface area (Å²) in [6, 6.07) is 3.07. The minimum atomic E-state index is -0.744. The molecule has 0 radical (unpaired) electrons. The smallest absolute Gasteiger partial charge is 0.228 e. The van der Waals surface area contributed by atoms with Crippen LogP contribution in [0.2, 0.25) is 0 Å². The Hall–Kier alpha value is -2.02. The zero-order chi connectivity index (χ0) is 17.4. The second-order valence-electron chi connectivity index (χ2n) is 6.71. The summed E-state index contributed by atoms with van der Waals surface area (Å²) in [5.41, 5.74) is 5.84. The van der Waals surface area contributed by atoms with Crippen LogP contribution in [0, 0.1) is 23.5 Å². The van der Waals surface area contributed by atoms with Crippen molar-refractivity contribution in [2.75, 3.05) is 24.5 Å². The van der Waals surface area contributed by atoms with Gasteiger partial charge in [0.2, 0.25) is 11.8 Å². The number of amides is 2. The molecule has 2 amide bonds. The summed E-state index contributed by atoms with van der Waals surface area (Å²) in [5.74, 6) is -2.05. The van der Waals surface area contributed by atoms with Gasteiger partial charge in [0.15, 0.2) is 0 Å². The summed E-state index contributed by atoms with van der Waals surface area (Å²) in [5, 5.41) is 0. The van der Waals surface area contributed by atoms with Gasteiger partial charge >= 0.3 is 0 Å². The number of hydrogen-bond donors (Lipinski definition) is 1. The van der Waals surface area contributed by atoms with E-state index in [9.17, 15) is 18.4 Å². The maximum absolute atomic E-state index is 13.4. The van der Waals surface area contributed by atoms with E-state index in [1.807, 2.05) is 6.92 Å². The fraction of sp³-hybridized carbons (Fsp3) is 0.529. The SMILES string of the molecule is CC1CC(CN)CN1C(=O)C1CC(=O)N(c2cc(F)cc(F)c2)C1. The number of rotatable bonds is 3. The highest BCUT2D eigenvalue weighted by molar-refractivity contribution is 6.00. The molecule has 3 rings (SSSR count). The summed E-state index contributed by atoms with van der Waals surface area (Å²) in [7, 11) is 0. The van der Waals surface area contributed by atoms with E-state index in [2.05, 4.69) is 0 Å². The predicted molar refractivity (Wildman–Crippen MR) is 85.2 cm³/mol. The van der Waals surface area contributed by atoms with Crippen molar-refractivity contribution in [2.24, 2.45) is 17.6 Å². The molecule has 0 aliphatic carbocycles. The quantitative estimate of drug-likeness (QED) is 0.909. The normalized spacial score (nSPS) is 27.2. The highest BCUT2D eigenvalue weighted by Gasteiger charge is 2.41. The van der Waals surface area contributed by atoms with Crippen molar-refractivity contribution in [3.05, 3.63) is 29.8 Å². The summed E-state index contributed by atoms with van der Waals surface area (Å²) < 4.78 is 26.8. The Bertz CT molecular complexity index is 647. The van der Waals surface area contributed by atoms with E-state index in [1.165, 1.54) is 4.90 Å². The fourth-order valence-corrected chi connectivity index (χ4v) is 3.67. The van der Waals surface area contributed by atoms with Gasteiger partial charge in [-0.1, -0.05) is 0 Å². The van der Waals surface area contributed by atoms with E-state index < -0.39 is 17.6 Å². The molecule has 2 N–H and O–H groups in total. The number of halogens is 2. The lowest BCUT2D eigenvalue weighted by Crippen LogP contribution is -2.40. The van der Waals surface area contributed by atoms with Gasteiger partial charge in [-0.05, 0) is 37.9 Å². The molecule has 0 bridgehead atoms. The second-order valence-corrected chi connectivity index (χ2v) is 6.71. The average Bonchev–Trinajstić information content (AvgIpc) is 3.08. The van der Waals surface area contributed by atoms with Gasteiger partial charge in [0, 0.05) is 37.3 Å². The topological polar surface area (TPSA) is 66.6 Å². The largest absolute Gasteiger partial charge is 0.339 e. The van der Waals surface area contributed by atoms with Crippen LogP contribution < -0.4 is 10.6 Å². The van der Waals surface area contributed by atoms with Crippen molar-refractivity contribution in [1.82, 2.24) is 4.90 Å². The van der Waals surface area contributed by atoms with Gasteiger partial charge in [-0.25, -0.2) is 8.78 Å². The van der Waals surface area contributed by atoms with Crippen LogP contribution in [0.5, 0.6) is 0 Å². The van der Waals surface area contributed by atoms with Crippen molar-refractivity contribution >= 4 is 17.5 Å². The summed E-state index contributed by atoms with van der Waals surface area (Å²) in [6.07, 6.45) is 0.926. The van der Waals surface area contributed by atoms with Gasteiger partial charge in [0.25, 0.3) is 0 Å². The van der Waals surface area contributed by atoms with E-state index in [-0.39, 0.29) is 42.4 Å². The first kappa shape index (κ1) is 16.8. The van der Waals surface area contributed by atoms with Crippen LogP contribution in [-0.2, 0) is 9.59 Å². The van der Waals surface area contributed by atoms with E-state index in [0.717, 1.165) is 24.6 Å². The first-order chi connectivity index (χ1) is 11.4. The van der Waals surface area contributed by atoms with Gasteiger partial charge in [-0.3, -0.25) is 9.59 Å². The first-order valence-electron chi connectivity index (χ1n) is 8.16. The molecule has 0 spiro atoms. The molecule has 1 aromatic rings. The minimum absolute atomic E-state index is 0.0630. The fourth-order valence-electron chi connectivity index (χ4n) is 3.67. The molecule has 0 aromatic heterocycles. The molecular formula is C17H21F2N3O2. The van der Waals surface area contributed by atoms with E-state index in [0.29, 0.717) is 13.1 Å². The second kappa shape index (κ2) is 6.47. The van der Waals surface area contributed by atoms with Crippen molar-refractivity contribution < 1.29 is 18.4 Å². The molecule has 2 aliphatic heterocycles. The van der Waals surface area contributed by atoms with Gasteiger partial charge in [-0.15, -0.1) is 0 Å². The zero-order valence-electron chi connectivity index (χ0n) is 13.5. The van der Waals surface area contributed by atoms with Gasteiger partial charge in [-0.2, -0.15) is 0 Å². The maximum atomic E-state index is 13.4. The lowest BCUT2D eigenvalue weighted by atomic mass is 10.1. The Morgan fingerprint density at radius 2 is 1.92 bits per heavy atom. The Morgan fingerprint density at radius 3 is 2.50 bits per heavy atom. The highest BCUT2D eigenvalue weighted by atomic mass is 19.1. The molecule has 24 heavy (non-hydrogen) atoms. The Balaban J connectivity index is 1.73. The number of carbonyl (C=O) groups is 2. The van der Waals surface area contributed by atoms with Gasteiger partial charge in [0.05, 0.1) is 5.92 Å². The minimum Gasteiger partial charge on any atom is -0.339 e. The van der Waals surface area contributed by atoms with Crippen molar-refractivity contribution in [1.29, 1.82) is 0 Å². The van der Waals surface area contributed by atoms with E-state index >= 15 is 0 Å². The average molecular weight is 337 g/mol. The van der Waals surface area contributed by atoms with Crippen molar-refractivity contribution in [3.63, 3.8) is 0 Å². The first-order valence-corrected chi connectivity index (χ1v) is 8.16. The summed E-state index contributed by atoms with van der Waals surface area (Å²) in [4.78, 5) is 28.0. The summed E-state index contributed by atoms with van der Waals surface area (Å²) in [6.45, 7) is 3.27. The molecule has 2 aliphatic rings. The van der Waals surface area contributed by atoms with Crippen LogP contribution in [0.4, 0.5) is 14.5 Å². The Kier molecular flexibility index (Phi) is 4.54. The molecule has 7 heteroatoms. The highest BCUT2D eigenvalue weighted by Crippen LogP contribution is 2.30. The molecular weight excluding hydrogens is 316 g/mol. The Morgan fingerprint density at radius 1 is 1.25 bits per heavy atom. The third-order valence-electron chi connectivity index (χ3n) is 4.91. The van der Waals surface area contributed by atoms with Crippen molar-refractivity contribution in [3.8, 4) is 0 Å². The van der Waals surface area contributed by atoms with Crippen LogP contribution >= 0.6 is 0 Å². The lowest BCUT2D eigenvalue weighted by Gasteiger charge is -2.25. The third kappa shape index (κ3) is 3.13.